The van der Waals surface area contributed by atoms with Crippen molar-refractivity contribution >= 4 is 17.8 Å². The third-order valence-electron chi connectivity index (χ3n) is 2.56. The lowest BCUT2D eigenvalue weighted by Gasteiger charge is -2.18. The van der Waals surface area contributed by atoms with Crippen LogP contribution in [-0.4, -0.2) is 30.0 Å². The fourth-order valence-electron chi connectivity index (χ4n) is 1.65. The summed E-state index contributed by atoms with van der Waals surface area (Å²) < 4.78 is 10.1. The van der Waals surface area contributed by atoms with Crippen LogP contribution in [0.25, 0.3) is 0 Å². The molecule has 7 nitrogen and oxygen atoms in total. The van der Waals surface area contributed by atoms with Crippen LogP contribution in [0, 0.1) is 0 Å². The third-order valence-corrected chi connectivity index (χ3v) is 2.56. The summed E-state index contributed by atoms with van der Waals surface area (Å²) in [5, 5.41) is 14.4. The highest BCUT2D eigenvalue weighted by atomic mass is 16.6. The second kappa shape index (κ2) is 8.17. The molecular formula is C16H21N2O5-. The van der Waals surface area contributed by atoms with Gasteiger partial charge in [-0.1, -0.05) is 6.92 Å². The lowest BCUT2D eigenvalue weighted by Crippen LogP contribution is -2.30. The molecule has 126 valence electrons. The highest BCUT2D eigenvalue weighted by Gasteiger charge is 2.15. The number of nitrogens with one attached hydrogen (secondary N) is 1. The largest absolute Gasteiger partial charge is 0.546 e. The SMILES string of the molecule is CC/C(=N/NC(=O)OC(C)(C)C)c1ccc(OCC(=O)[O-])cc1. The van der Waals surface area contributed by atoms with E-state index in [-0.39, 0.29) is 0 Å². The molecule has 1 aromatic rings. The molecule has 0 radical (unpaired) electrons. The first-order valence-electron chi connectivity index (χ1n) is 7.20. The highest BCUT2D eigenvalue weighted by Crippen LogP contribution is 2.14. The Morgan fingerprint density at radius 2 is 1.83 bits per heavy atom. The number of hydrogen-bond acceptors (Lipinski definition) is 6. The van der Waals surface area contributed by atoms with E-state index in [0.29, 0.717) is 17.9 Å². The molecule has 23 heavy (non-hydrogen) atoms. The second-order valence-electron chi connectivity index (χ2n) is 5.71. The van der Waals surface area contributed by atoms with Gasteiger partial charge in [-0.25, -0.2) is 10.2 Å². The molecule has 7 heteroatoms. The van der Waals surface area contributed by atoms with Crippen molar-refractivity contribution in [3.63, 3.8) is 0 Å². The van der Waals surface area contributed by atoms with E-state index in [2.05, 4.69) is 10.5 Å². The van der Waals surface area contributed by atoms with Gasteiger partial charge in [-0.15, -0.1) is 0 Å². The van der Waals surface area contributed by atoms with Crippen molar-refractivity contribution in [1.82, 2.24) is 5.43 Å². The molecule has 0 saturated carbocycles. The third kappa shape index (κ3) is 7.30. The molecule has 0 bridgehead atoms. The first kappa shape index (κ1) is 18.5. The highest BCUT2D eigenvalue weighted by molar-refractivity contribution is 6.00. The Morgan fingerprint density at radius 1 is 1.22 bits per heavy atom. The number of carboxylic acid groups (broad SMARTS) is 1. The van der Waals surface area contributed by atoms with Crippen LogP contribution in [0.5, 0.6) is 5.75 Å². The smallest absolute Gasteiger partial charge is 0.428 e. The lowest BCUT2D eigenvalue weighted by molar-refractivity contribution is -0.307. The molecular weight excluding hydrogens is 300 g/mol. The quantitative estimate of drug-likeness (QED) is 0.631. The molecule has 1 aromatic carbocycles. The minimum atomic E-state index is -1.29. The van der Waals surface area contributed by atoms with E-state index in [9.17, 15) is 14.7 Å². The summed E-state index contributed by atoms with van der Waals surface area (Å²) in [5.74, 6) is -0.875. The van der Waals surface area contributed by atoms with Gasteiger partial charge in [0.2, 0.25) is 0 Å². The molecule has 0 aliphatic rings. The normalized spacial score (nSPS) is 11.7. The Labute approximate surface area is 135 Å². The van der Waals surface area contributed by atoms with Crippen LogP contribution >= 0.6 is 0 Å². The maximum Gasteiger partial charge on any atom is 0.428 e. The zero-order chi connectivity index (χ0) is 17.5. The Morgan fingerprint density at radius 3 is 2.30 bits per heavy atom. The van der Waals surface area contributed by atoms with Crippen LogP contribution in [0.3, 0.4) is 0 Å². The zero-order valence-electron chi connectivity index (χ0n) is 13.7. The second-order valence-corrected chi connectivity index (χ2v) is 5.71. The van der Waals surface area contributed by atoms with E-state index in [0.717, 1.165) is 5.56 Å². The zero-order valence-corrected chi connectivity index (χ0v) is 13.7. The van der Waals surface area contributed by atoms with Crippen molar-refractivity contribution in [2.45, 2.75) is 39.7 Å². The number of carbonyl (C=O) groups excluding carboxylic acids is 2. The van der Waals surface area contributed by atoms with Crippen molar-refractivity contribution < 1.29 is 24.2 Å². The standard InChI is InChI=1S/C16H22N2O5/c1-5-13(17-18-15(21)23-16(2,3)4)11-6-8-12(9-7-11)22-10-14(19)20/h6-9H,5,10H2,1-4H3,(H,18,21)(H,19,20)/p-1/b17-13-. The molecule has 0 aliphatic carbocycles. The number of amides is 1. The number of nitrogens with zero attached hydrogens (tertiary/aromatic N) is 1. The molecule has 0 aromatic heterocycles. The minimum Gasteiger partial charge on any atom is -0.546 e. The Balaban J connectivity index is 2.71. The molecule has 0 atom stereocenters. The van der Waals surface area contributed by atoms with E-state index in [1.165, 1.54) is 0 Å². The molecule has 1 N–H and O–H groups in total. The molecule has 1 amide bonds. The average Bonchev–Trinajstić information content (AvgIpc) is 2.45. The van der Waals surface area contributed by atoms with Crippen LogP contribution in [0.4, 0.5) is 4.79 Å². The van der Waals surface area contributed by atoms with Crippen molar-refractivity contribution in [2.24, 2.45) is 5.10 Å². The molecule has 0 unspecified atom stereocenters. The number of carboxylic acids is 1. The molecule has 0 fully saturated rings. The fourth-order valence-corrected chi connectivity index (χ4v) is 1.65. The van der Waals surface area contributed by atoms with Crippen molar-refractivity contribution in [1.29, 1.82) is 0 Å². The van der Waals surface area contributed by atoms with Gasteiger partial charge >= 0.3 is 6.09 Å². The number of ether oxygens (including phenoxy) is 2. The summed E-state index contributed by atoms with van der Waals surface area (Å²) in [6, 6.07) is 6.70. The number of aliphatic carboxylic acids is 1. The first-order chi connectivity index (χ1) is 10.7. The van der Waals surface area contributed by atoms with E-state index in [1.807, 2.05) is 6.92 Å². The predicted octanol–water partition coefficient (Wildman–Crippen LogP) is 1.45. The van der Waals surface area contributed by atoms with E-state index < -0.39 is 24.3 Å². The molecule has 0 heterocycles. The monoisotopic (exact) mass is 321 g/mol. The van der Waals surface area contributed by atoms with Gasteiger partial charge in [-0.2, -0.15) is 5.10 Å². The maximum absolute atomic E-state index is 11.6. The van der Waals surface area contributed by atoms with Crippen molar-refractivity contribution in [3.8, 4) is 5.75 Å². The Kier molecular flexibility index (Phi) is 6.56. The van der Waals surface area contributed by atoms with Crippen LogP contribution in [0.15, 0.2) is 29.4 Å². The molecule has 0 aliphatic heterocycles. The van der Waals surface area contributed by atoms with Crippen molar-refractivity contribution in [3.05, 3.63) is 29.8 Å². The summed E-state index contributed by atoms with van der Waals surface area (Å²) in [6.07, 6.45) is -0.0351. The lowest BCUT2D eigenvalue weighted by atomic mass is 10.1. The number of hydrogen-bond donors (Lipinski definition) is 1. The molecule has 0 saturated heterocycles. The minimum absolute atomic E-state index is 0.411. The Hall–Kier alpha value is -2.57. The van der Waals surface area contributed by atoms with Crippen LogP contribution in [0.1, 0.15) is 39.7 Å². The average molecular weight is 321 g/mol. The first-order valence-corrected chi connectivity index (χ1v) is 7.20. The van der Waals surface area contributed by atoms with E-state index in [4.69, 9.17) is 9.47 Å². The van der Waals surface area contributed by atoms with Crippen molar-refractivity contribution in [2.75, 3.05) is 6.61 Å². The van der Waals surface area contributed by atoms with Gasteiger partial charge in [0, 0.05) is 0 Å². The summed E-state index contributed by atoms with van der Waals surface area (Å²) in [7, 11) is 0. The van der Waals surface area contributed by atoms with E-state index in [1.54, 1.807) is 45.0 Å². The Bertz CT molecular complexity index is 573. The van der Waals surface area contributed by atoms with Gasteiger partial charge < -0.3 is 19.4 Å². The van der Waals surface area contributed by atoms with Gasteiger partial charge in [0.1, 0.15) is 18.0 Å². The summed E-state index contributed by atoms with van der Waals surface area (Å²) in [5.41, 5.74) is 3.20. The van der Waals surface area contributed by atoms with Crippen LogP contribution in [-0.2, 0) is 9.53 Å². The van der Waals surface area contributed by atoms with Gasteiger partial charge in [0.15, 0.2) is 0 Å². The van der Waals surface area contributed by atoms with E-state index >= 15 is 0 Å². The fraction of sp³-hybridized carbons (Fsp3) is 0.438. The van der Waals surface area contributed by atoms with Gasteiger partial charge in [0.25, 0.3) is 0 Å². The van der Waals surface area contributed by atoms with Gasteiger partial charge in [0.05, 0.1) is 11.7 Å². The summed E-state index contributed by atoms with van der Waals surface area (Å²) >= 11 is 0. The molecule has 1 rings (SSSR count). The van der Waals surface area contributed by atoms with Gasteiger partial charge in [-0.05, 0) is 57.0 Å². The summed E-state index contributed by atoms with van der Waals surface area (Å²) in [6.45, 7) is 6.69. The number of carbonyl (C=O) groups is 2. The van der Waals surface area contributed by atoms with Crippen LogP contribution < -0.4 is 15.3 Å². The summed E-state index contributed by atoms with van der Waals surface area (Å²) in [4.78, 5) is 21.9. The van der Waals surface area contributed by atoms with Crippen LogP contribution in [0.2, 0.25) is 0 Å². The van der Waals surface area contributed by atoms with Gasteiger partial charge in [-0.3, -0.25) is 0 Å². The number of hydrazone groups is 1. The maximum atomic E-state index is 11.6. The number of rotatable bonds is 6. The molecule has 0 spiro atoms. The topological polar surface area (TPSA) is 100 Å². The predicted molar refractivity (Wildman–Crippen MR) is 83.1 cm³/mol. The number of benzene rings is 1.